The molecule has 4 aromatic rings. The van der Waals surface area contributed by atoms with E-state index in [1.54, 1.807) is 18.5 Å². The minimum absolute atomic E-state index is 0.0717. The highest BCUT2D eigenvalue weighted by Gasteiger charge is 2.39. The topological polar surface area (TPSA) is 142 Å². The lowest BCUT2D eigenvalue weighted by molar-refractivity contribution is -0.207. The molecule has 0 amide bonds. The first kappa shape index (κ1) is 27.3. The first-order valence-electron chi connectivity index (χ1n) is 11.4. The summed E-state index contributed by atoms with van der Waals surface area (Å²) < 4.78 is 42.4. The van der Waals surface area contributed by atoms with Gasteiger partial charge in [0.2, 0.25) is 0 Å². The van der Waals surface area contributed by atoms with Crippen molar-refractivity contribution in [3.63, 3.8) is 0 Å². The number of nitrogens with two attached hydrogens (primary N) is 1. The van der Waals surface area contributed by atoms with Crippen LogP contribution in [0.25, 0.3) is 17.1 Å². The van der Waals surface area contributed by atoms with Crippen LogP contribution < -0.4 is 16.7 Å². The third-order valence-electron chi connectivity index (χ3n) is 5.37. The van der Waals surface area contributed by atoms with Gasteiger partial charge in [0.1, 0.15) is 18.6 Å². The molecule has 11 nitrogen and oxygen atoms in total. The molecule has 0 saturated heterocycles. The fraction of sp³-hybridized carbons (Fsp3) is 0.348. The average molecular weight is 552 g/mol. The van der Waals surface area contributed by atoms with Crippen molar-refractivity contribution in [2.24, 2.45) is 5.73 Å². The fourth-order valence-electron chi connectivity index (χ4n) is 3.46. The fourth-order valence-corrected chi connectivity index (χ4v) is 3.58. The number of aromatic nitrogens is 7. The van der Waals surface area contributed by atoms with E-state index in [1.165, 1.54) is 35.3 Å². The lowest BCUT2D eigenvalue weighted by atomic mass is 10.1. The maximum Gasteiger partial charge on any atom is 0.416 e. The van der Waals surface area contributed by atoms with E-state index in [-0.39, 0.29) is 18.2 Å². The Labute approximate surface area is 219 Å². The third kappa shape index (κ3) is 6.38. The molecular weight excluding hydrogens is 527 g/mol. The van der Waals surface area contributed by atoms with Crippen LogP contribution in [0.2, 0.25) is 5.02 Å². The lowest BCUT2D eigenvalue weighted by Gasteiger charge is -2.20. The molecule has 0 unspecified atom stereocenters. The van der Waals surface area contributed by atoms with Crippen molar-refractivity contribution in [2.75, 3.05) is 11.9 Å². The van der Waals surface area contributed by atoms with Crippen molar-refractivity contribution in [3.8, 4) is 17.1 Å². The number of aliphatic hydroxyl groups excluding tert-OH is 1. The van der Waals surface area contributed by atoms with Gasteiger partial charge in [0.05, 0.1) is 18.4 Å². The van der Waals surface area contributed by atoms with Crippen LogP contribution in [-0.4, -0.2) is 63.6 Å². The van der Waals surface area contributed by atoms with Crippen molar-refractivity contribution < 1.29 is 18.3 Å². The molecule has 1 atom stereocenters. The molecule has 0 fully saturated rings. The van der Waals surface area contributed by atoms with E-state index in [1.807, 2.05) is 13.8 Å². The van der Waals surface area contributed by atoms with Gasteiger partial charge in [0.25, 0.3) is 0 Å². The molecule has 0 aliphatic carbocycles. The normalized spacial score (nSPS) is 13.1. The van der Waals surface area contributed by atoms with Gasteiger partial charge in [0, 0.05) is 28.9 Å². The molecule has 202 valence electrons. The largest absolute Gasteiger partial charge is 0.416 e. The van der Waals surface area contributed by atoms with Crippen molar-refractivity contribution in [1.29, 1.82) is 0 Å². The molecule has 0 radical (unpaired) electrons. The quantitative estimate of drug-likeness (QED) is 0.288. The summed E-state index contributed by atoms with van der Waals surface area (Å²) in [4.78, 5) is 21.4. The Balaban J connectivity index is 1.65. The van der Waals surface area contributed by atoms with Crippen LogP contribution >= 0.6 is 11.6 Å². The number of hydrogen-bond donors (Lipinski definition) is 3. The number of rotatable bonds is 9. The Morgan fingerprint density at radius 2 is 1.87 bits per heavy atom. The van der Waals surface area contributed by atoms with Gasteiger partial charge in [-0.15, -0.1) is 10.2 Å². The molecule has 0 bridgehead atoms. The Bertz CT molecular complexity index is 1460. The first-order chi connectivity index (χ1) is 17.8. The zero-order chi connectivity index (χ0) is 27.7. The van der Waals surface area contributed by atoms with Crippen molar-refractivity contribution in [1.82, 2.24) is 34.1 Å². The predicted molar refractivity (Wildman–Crippen MR) is 134 cm³/mol. The summed E-state index contributed by atoms with van der Waals surface area (Å²) in [5.41, 5.74) is 6.32. The summed E-state index contributed by atoms with van der Waals surface area (Å²) in [6.45, 7) is 2.94. The van der Waals surface area contributed by atoms with E-state index < -0.39 is 30.1 Å². The SMILES string of the molecule is CC(C)(N)CNc1ccncc1-n1cnc(Cn2nc(-c3ccc(Cl)cc3)n(C[C@H](O)C(F)(F)F)c2=O)n1. The highest BCUT2D eigenvalue weighted by atomic mass is 35.5. The van der Waals surface area contributed by atoms with Gasteiger partial charge in [-0.2, -0.15) is 13.2 Å². The van der Waals surface area contributed by atoms with E-state index in [0.717, 1.165) is 9.25 Å². The van der Waals surface area contributed by atoms with Gasteiger partial charge < -0.3 is 16.2 Å². The highest BCUT2D eigenvalue weighted by molar-refractivity contribution is 6.30. The number of benzene rings is 1. The smallest absolute Gasteiger partial charge is 0.382 e. The number of pyridine rings is 1. The van der Waals surface area contributed by atoms with Crippen molar-refractivity contribution >= 4 is 17.3 Å². The van der Waals surface area contributed by atoms with Crippen LogP contribution in [0.1, 0.15) is 19.7 Å². The molecule has 3 aromatic heterocycles. The maximum atomic E-state index is 13.1. The van der Waals surface area contributed by atoms with Gasteiger partial charge in [-0.3, -0.25) is 9.55 Å². The van der Waals surface area contributed by atoms with Gasteiger partial charge in [-0.05, 0) is 44.2 Å². The van der Waals surface area contributed by atoms with Crippen LogP contribution in [-0.2, 0) is 13.1 Å². The number of hydrogen-bond acceptors (Lipinski definition) is 8. The van der Waals surface area contributed by atoms with E-state index in [0.29, 0.717) is 28.5 Å². The van der Waals surface area contributed by atoms with Crippen LogP contribution in [0.5, 0.6) is 0 Å². The lowest BCUT2D eigenvalue weighted by Crippen LogP contribution is -2.39. The van der Waals surface area contributed by atoms with Crippen molar-refractivity contribution in [3.05, 3.63) is 70.4 Å². The molecule has 15 heteroatoms. The van der Waals surface area contributed by atoms with Crippen LogP contribution in [0.3, 0.4) is 0 Å². The molecule has 0 saturated carbocycles. The van der Waals surface area contributed by atoms with E-state index in [2.05, 4.69) is 25.5 Å². The second-order valence-electron chi connectivity index (χ2n) is 9.28. The summed E-state index contributed by atoms with van der Waals surface area (Å²) >= 11 is 5.92. The van der Waals surface area contributed by atoms with Crippen LogP contribution in [0.15, 0.2) is 53.8 Å². The molecule has 3 heterocycles. The number of halogens is 4. The maximum absolute atomic E-state index is 13.1. The Kier molecular flexibility index (Phi) is 7.58. The molecule has 0 aliphatic rings. The standard InChI is InChI=1S/C23H25ClF3N9O2/c1-22(2,28)12-30-16-7-8-29-9-17(16)36-13-31-19(32-36)11-35-21(38)34(10-18(37)23(25,26)27)20(33-35)14-3-5-15(24)6-4-14/h3-9,13,18,37H,10-12,28H2,1-2H3,(H,29,30)/t18-/m0/s1. The van der Waals surface area contributed by atoms with E-state index in [4.69, 9.17) is 17.3 Å². The number of aliphatic hydroxyl groups is 1. The van der Waals surface area contributed by atoms with Crippen LogP contribution in [0, 0.1) is 0 Å². The predicted octanol–water partition coefficient (Wildman–Crippen LogP) is 2.46. The number of alkyl halides is 3. The third-order valence-corrected chi connectivity index (χ3v) is 5.62. The Morgan fingerprint density at radius 1 is 1.16 bits per heavy atom. The minimum Gasteiger partial charge on any atom is -0.382 e. The molecule has 4 rings (SSSR count). The summed E-state index contributed by atoms with van der Waals surface area (Å²) in [5, 5.41) is 21.9. The van der Waals surface area contributed by atoms with Crippen LogP contribution in [0.4, 0.5) is 18.9 Å². The Morgan fingerprint density at radius 3 is 2.53 bits per heavy atom. The van der Waals surface area contributed by atoms with Gasteiger partial charge in [-0.1, -0.05) is 11.6 Å². The number of nitrogens with one attached hydrogen (secondary N) is 1. The summed E-state index contributed by atoms with van der Waals surface area (Å²) in [6, 6.07) is 7.80. The van der Waals surface area contributed by atoms with Gasteiger partial charge in [0.15, 0.2) is 17.8 Å². The summed E-state index contributed by atoms with van der Waals surface area (Å²) in [5.74, 6) is 0.0993. The minimum atomic E-state index is -4.92. The monoisotopic (exact) mass is 551 g/mol. The zero-order valence-corrected chi connectivity index (χ0v) is 21.1. The molecule has 0 spiro atoms. The van der Waals surface area contributed by atoms with Gasteiger partial charge in [-0.25, -0.2) is 19.1 Å². The van der Waals surface area contributed by atoms with Gasteiger partial charge >= 0.3 is 11.9 Å². The second kappa shape index (κ2) is 10.6. The second-order valence-corrected chi connectivity index (χ2v) is 9.72. The average Bonchev–Trinajstić information content (AvgIpc) is 3.43. The summed E-state index contributed by atoms with van der Waals surface area (Å²) in [7, 11) is 0. The Hall–Kier alpha value is -3.75. The molecule has 38 heavy (non-hydrogen) atoms. The number of nitrogens with zero attached hydrogens (tertiary/aromatic N) is 7. The molecule has 0 aliphatic heterocycles. The number of anilines is 1. The first-order valence-corrected chi connectivity index (χ1v) is 11.8. The zero-order valence-electron chi connectivity index (χ0n) is 20.4. The molecular formula is C23H25ClF3N9O2. The molecule has 4 N–H and O–H groups in total. The highest BCUT2D eigenvalue weighted by Crippen LogP contribution is 2.24. The molecule has 1 aromatic carbocycles. The van der Waals surface area contributed by atoms with E-state index in [9.17, 15) is 23.1 Å². The van der Waals surface area contributed by atoms with Crippen molar-refractivity contribution in [2.45, 2.75) is 44.8 Å². The van der Waals surface area contributed by atoms with E-state index >= 15 is 0 Å². The summed E-state index contributed by atoms with van der Waals surface area (Å²) in [6.07, 6.45) is -3.10.